The summed E-state index contributed by atoms with van der Waals surface area (Å²) < 4.78 is 0.963. The summed E-state index contributed by atoms with van der Waals surface area (Å²) in [5, 5.41) is 12.3. The summed E-state index contributed by atoms with van der Waals surface area (Å²) in [6, 6.07) is 9.23. The predicted molar refractivity (Wildman–Crippen MR) is 78.1 cm³/mol. The van der Waals surface area contributed by atoms with E-state index in [1.54, 1.807) is 13.0 Å². The molecule has 0 amide bonds. The highest BCUT2D eigenvalue weighted by Gasteiger charge is 2.15. The van der Waals surface area contributed by atoms with Gasteiger partial charge in [-0.15, -0.1) is 0 Å². The Morgan fingerprint density at radius 3 is 2.47 bits per heavy atom. The number of rotatable bonds is 3. The van der Waals surface area contributed by atoms with Crippen LogP contribution in [0.2, 0.25) is 0 Å². The SMILES string of the molecule is Cc1cc(C)c(C(=O)O)c(Nc2ccc(Br)cc2)n1. The van der Waals surface area contributed by atoms with Crippen LogP contribution in [0.15, 0.2) is 34.8 Å². The van der Waals surface area contributed by atoms with E-state index in [9.17, 15) is 9.90 Å². The first-order valence-corrected chi connectivity index (χ1v) is 6.51. The molecule has 1 aromatic heterocycles. The van der Waals surface area contributed by atoms with E-state index in [4.69, 9.17) is 0 Å². The number of aromatic carboxylic acids is 1. The number of carbonyl (C=O) groups is 1. The lowest BCUT2D eigenvalue weighted by molar-refractivity contribution is 0.0697. The van der Waals surface area contributed by atoms with Crippen molar-refractivity contribution in [3.05, 3.63) is 51.6 Å². The average Bonchev–Trinajstić information content (AvgIpc) is 2.30. The van der Waals surface area contributed by atoms with Gasteiger partial charge in [0.2, 0.25) is 0 Å². The molecular formula is C14H13BrN2O2. The minimum Gasteiger partial charge on any atom is -0.478 e. The second kappa shape index (κ2) is 5.40. The summed E-state index contributed by atoms with van der Waals surface area (Å²) in [5.74, 6) is -0.614. The van der Waals surface area contributed by atoms with Gasteiger partial charge in [-0.05, 0) is 49.7 Å². The molecule has 1 aromatic carbocycles. The molecule has 0 spiro atoms. The summed E-state index contributed by atoms with van der Waals surface area (Å²) in [6.07, 6.45) is 0. The number of halogens is 1. The lowest BCUT2D eigenvalue weighted by Crippen LogP contribution is -2.08. The maximum absolute atomic E-state index is 11.3. The van der Waals surface area contributed by atoms with Gasteiger partial charge in [-0.1, -0.05) is 15.9 Å². The fraction of sp³-hybridized carbons (Fsp3) is 0.143. The molecule has 98 valence electrons. The van der Waals surface area contributed by atoms with Crippen molar-refractivity contribution in [2.24, 2.45) is 0 Å². The third-order valence-electron chi connectivity index (χ3n) is 2.67. The van der Waals surface area contributed by atoms with Crippen LogP contribution < -0.4 is 5.32 Å². The Morgan fingerprint density at radius 1 is 1.26 bits per heavy atom. The lowest BCUT2D eigenvalue weighted by Gasteiger charge is -2.12. The van der Waals surface area contributed by atoms with Crippen LogP contribution in [0.4, 0.5) is 11.5 Å². The average molecular weight is 321 g/mol. The molecule has 0 aliphatic rings. The van der Waals surface area contributed by atoms with Gasteiger partial charge in [0.1, 0.15) is 11.4 Å². The molecule has 0 saturated carbocycles. The number of aryl methyl sites for hydroxylation is 2. The van der Waals surface area contributed by atoms with Crippen LogP contribution in [0, 0.1) is 13.8 Å². The maximum Gasteiger partial charge on any atom is 0.339 e. The van der Waals surface area contributed by atoms with E-state index in [1.807, 2.05) is 31.2 Å². The summed E-state index contributed by atoms with van der Waals surface area (Å²) in [4.78, 5) is 15.6. The van der Waals surface area contributed by atoms with Gasteiger partial charge in [-0.2, -0.15) is 0 Å². The number of aromatic nitrogens is 1. The zero-order valence-corrected chi connectivity index (χ0v) is 12.2. The molecule has 2 aromatic rings. The number of anilines is 2. The van der Waals surface area contributed by atoms with Gasteiger partial charge in [-0.3, -0.25) is 0 Å². The van der Waals surface area contributed by atoms with Gasteiger partial charge in [0, 0.05) is 15.9 Å². The molecule has 0 aliphatic carbocycles. The van der Waals surface area contributed by atoms with E-state index in [1.165, 1.54) is 0 Å². The Morgan fingerprint density at radius 2 is 1.89 bits per heavy atom. The highest BCUT2D eigenvalue weighted by Crippen LogP contribution is 2.23. The van der Waals surface area contributed by atoms with E-state index in [-0.39, 0.29) is 5.56 Å². The van der Waals surface area contributed by atoms with Crippen molar-refractivity contribution >= 4 is 33.4 Å². The smallest absolute Gasteiger partial charge is 0.339 e. The number of hydrogen-bond donors (Lipinski definition) is 2. The second-order valence-electron chi connectivity index (χ2n) is 4.24. The van der Waals surface area contributed by atoms with Crippen LogP contribution in [-0.4, -0.2) is 16.1 Å². The van der Waals surface area contributed by atoms with Crippen molar-refractivity contribution in [1.82, 2.24) is 4.98 Å². The minimum absolute atomic E-state index is 0.202. The van der Waals surface area contributed by atoms with Gasteiger partial charge in [-0.25, -0.2) is 9.78 Å². The monoisotopic (exact) mass is 320 g/mol. The third-order valence-corrected chi connectivity index (χ3v) is 3.19. The second-order valence-corrected chi connectivity index (χ2v) is 5.16. The normalized spacial score (nSPS) is 10.3. The Kier molecular flexibility index (Phi) is 3.85. The Bertz CT molecular complexity index is 624. The van der Waals surface area contributed by atoms with E-state index in [2.05, 4.69) is 26.2 Å². The predicted octanol–water partition coefficient (Wildman–Crippen LogP) is 3.90. The first-order valence-electron chi connectivity index (χ1n) is 5.71. The van der Waals surface area contributed by atoms with Gasteiger partial charge in [0.15, 0.2) is 0 Å². The van der Waals surface area contributed by atoms with Gasteiger partial charge in [0.05, 0.1) is 0 Å². The van der Waals surface area contributed by atoms with Gasteiger partial charge >= 0.3 is 5.97 Å². The summed E-state index contributed by atoms with van der Waals surface area (Å²) in [5.41, 5.74) is 2.47. The molecule has 0 bridgehead atoms. The molecule has 0 fully saturated rings. The molecule has 0 radical (unpaired) electrons. The van der Waals surface area contributed by atoms with Crippen molar-refractivity contribution in [3.8, 4) is 0 Å². The van der Waals surface area contributed by atoms with Crippen LogP contribution in [0.3, 0.4) is 0 Å². The number of pyridine rings is 1. The molecule has 5 heteroatoms. The molecule has 4 nitrogen and oxygen atoms in total. The first kappa shape index (κ1) is 13.5. The molecule has 0 aliphatic heterocycles. The summed E-state index contributed by atoms with van der Waals surface area (Å²) >= 11 is 3.35. The minimum atomic E-state index is -0.982. The van der Waals surface area contributed by atoms with Crippen molar-refractivity contribution in [3.63, 3.8) is 0 Å². The summed E-state index contributed by atoms with van der Waals surface area (Å²) in [7, 11) is 0. The number of nitrogens with one attached hydrogen (secondary N) is 1. The fourth-order valence-electron chi connectivity index (χ4n) is 1.87. The van der Waals surface area contributed by atoms with Gasteiger partial charge in [0.25, 0.3) is 0 Å². The molecule has 2 rings (SSSR count). The molecule has 0 saturated heterocycles. The molecule has 0 atom stereocenters. The third kappa shape index (κ3) is 3.12. The Balaban J connectivity index is 2.44. The number of hydrogen-bond acceptors (Lipinski definition) is 3. The van der Waals surface area contributed by atoms with Crippen LogP contribution in [0.25, 0.3) is 0 Å². The quantitative estimate of drug-likeness (QED) is 0.900. The van der Waals surface area contributed by atoms with Crippen LogP contribution >= 0.6 is 15.9 Å². The van der Waals surface area contributed by atoms with Crippen molar-refractivity contribution < 1.29 is 9.90 Å². The van der Waals surface area contributed by atoms with Crippen LogP contribution in [-0.2, 0) is 0 Å². The maximum atomic E-state index is 11.3. The highest BCUT2D eigenvalue weighted by atomic mass is 79.9. The van der Waals surface area contributed by atoms with Crippen LogP contribution in [0.1, 0.15) is 21.6 Å². The molecule has 2 N–H and O–H groups in total. The molecule has 0 unspecified atom stereocenters. The van der Waals surface area contributed by atoms with Gasteiger partial charge < -0.3 is 10.4 Å². The van der Waals surface area contributed by atoms with Crippen molar-refractivity contribution in [1.29, 1.82) is 0 Å². The van der Waals surface area contributed by atoms with Crippen molar-refractivity contribution in [2.45, 2.75) is 13.8 Å². The Labute approximate surface area is 119 Å². The topological polar surface area (TPSA) is 62.2 Å². The lowest BCUT2D eigenvalue weighted by atomic mass is 10.1. The largest absolute Gasteiger partial charge is 0.478 e. The van der Waals surface area contributed by atoms with E-state index < -0.39 is 5.97 Å². The Hall–Kier alpha value is -1.88. The summed E-state index contributed by atoms with van der Waals surface area (Å²) in [6.45, 7) is 3.61. The van der Waals surface area contributed by atoms with E-state index in [0.29, 0.717) is 11.4 Å². The number of nitrogens with zero attached hydrogens (tertiary/aromatic N) is 1. The zero-order chi connectivity index (χ0) is 14.0. The van der Waals surface area contributed by atoms with Crippen LogP contribution in [0.5, 0.6) is 0 Å². The standard InChI is InChI=1S/C14H13BrN2O2/c1-8-7-9(2)16-13(12(8)14(18)19)17-11-5-3-10(15)4-6-11/h3-7H,1-2H3,(H,16,17)(H,18,19). The van der Waals surface area contributed by atoms with E-state index >= 15 is 0 Å². The number of carboxylic acid groups (broad SMARTS) is 1. The number of carboxylic acids is 1. The number of benzene rings is 1. The molecular weight excluding hydrogens is 308 g/mol. The fourth-order valence-corrected chi connectivity index (χ4v) is 2.13. The van der Waals surface area contributed by atoms with Crippen molar-refractivity contribution in [2.75, 3.05) is 5.32 Å². The zero-order valence-electron chi connectivity index (χ0n) is 10.6. The first-order chi connectivity index (χ1) is 8.97. The molecule has 1 heterocycles. The van der Waals surface area contributed by atoms with E-state index in [0.717, 1.165) is 15.9 Å². The molecule has 19 heavy (non-hydrogen) atoms. The highest BCUT2D eigenvalue weighted by molar-refractivity contribution is 9.10.